The van der Waals surface area contributed by atoms with Gasteiger partial charge in [-0.25, -0.2) is 4.39 Å². The van der Waals surface area contributed by atoms with E-state index in [0.717, 1.165) is 6.07 Å². The van der Waals surface area contributed by atoms with Crippen molar-refractivity contribution in [2.75, 3.05) is 0 Å². The van der Waals surface area contributed by atoms with Crippen molar-refractivity contribution in [3.8, 4) is 5.75 Å². The van der Waals surface area contributed by atoms with Crippen molar-refractivity contribution in [1.82, 2.24) is 0 Å². The molecule has 0 fully saturated rings. The zero-order valence-electron chi connectivity index (χ0n) is 10.5. The number of halogens is 4. The van der Waals surface area contributed by atoms with Crippen LogP contribution >= 0.6 is 34.8 Å². The minimum atomic E-state index is -1.72. The van der Waals surface area contributed by atoms with Crippen molar-refractivity contribution in [3.05, 3.63) is 56.8 Å². The molecule has 0 heterocycles. The maximum atomic E-state index is 13.8. The molecule has 0 aliphatic rings. The minimum absolute atomic E-state index is 0.0591. The average Bonchev–Trinajstić information content (AvgIpc) is 2.42. The summed E-state index contributed by atoms with van der Waals surface area (Å²) in [6.45, 7) is -0.0919. The highest BCUT2D eigenvalue weighted by Crippen LogP contribution is 2.34. The number of rotatable bonds is 4. The molecule has 0 unspecified atom stereocenters. The molecule has 0 bridgehead atoms. The molecule has 0 spiro atoms. The van der Waals surface area contributed by atoms with Crippen LogP contribution in [-0.2, 0) is 6.61 Å². The fourth-order valence-electron chi connectivity index (χ4n) is 1.61. The Morgan fingerprint density at radius 1 is 1.00 bits per heavy atom. The maximum Gasteiger partial charge on any atom is 0.488 e. The van der Waals surface area contributed by atoms with Gasteiger partial charge in [0.2, 0.25) is 0 Å². The molecule has 0 aromatic heterocycles. The van der Waals surface area contributed by atoms with Crippen LogP contribution in [0.25, 0.3) is 0 Å². The van der Waals surface area contributed by atoms with Crippen molar-refractivity contribution in [3.63, 3.8) is 0 Å². The Bertz CT molecular complexity index is 667. The molecular weight excluding hydrogens is 340 g/mol. The van der Waals surface area contributed by atoms with E-state index in [2.05, 4.69) is 0 Å². The number of ether oxygens (including phenoxy) is 1. The summed E-state index contributed by atoms with van der Waals surface area (Å²) in [6.07, 6.45) is 0. The summed E-state index contributed by atoms with van der Waals surface area (Å²) in [5.74, 6) is -0.339. The summed E-state index contributed by atoms with van der Waals surface area (Å²) in [5, 5.41) is 18.7. The van der Waals surface area contributed by atoms with Gasteiger partial charge in [0.15, 0.2) is 0 Å². The second-order valence-electron chi connectivity index (χ2n) is 4.21. The molecule has 0 aliphatic heterocycles. The highest BCUT2D eigenvalue weighted by molar-refractivity contribution is 6.58. The SMILES string of the molecule is OB(O)c1ccc(COc2cc(Cl)c(Cl)cc2Cl)c(F)c1. The maximum absolute atomic E-state index is 13.8. The van der Waals surface area contributed by atoms with Gasteiger partial charge in [0.05, 0.1) is 15.1 Å². The van der Waals surface area contributed by atoms with Gasteiger partial charge in [-0.15, -0.1) is 0 Å². The van der Waals surface area contributed by atoms with Crippen LogP contribution in [0.2, 0.25) is 15.1 Å². The lowest BCUT2D eigenvalue weighted by Gasteiger charge is -2.10. The van der Waals surface area contributed by atoms with Gasteiger partial charge in [-0.05, 0) is 17.6 Å². The Balaban J connectivity index is 2.15. The molecule has 2 N–H and O–H groups in total. The van der Waals surface area contributed by atoms with E-state index in [1.807, 2.05) is 0 Å². The van der Waals surface area contributed by atoms with Crippen molar-refractivity contribution >= 4 is 47.4 Å². The largest absolute Gasteiger partial charge is 0.488 e. The quantitative estimate of drug-likeness (QED) is 0.659. The van der Waals surface area contributed by atoms with E-state index in [-0.39, 0.29) is 33.4 Å². The summed E-state index contributed by atoms with van der Waals surface area (Å²) < 4.78 is 19.2. The lowest BCUT2D eigenvalue weighted by atomic mass is 9.80. The van der Waals surface area contributed by atoms with Crippen molar-refractivity contribution < 1.29 is 19.2 Å². The van der Waals surface area contributed by atoms with E-state index in [4.69, 9.17) is 49.6 Å². The van der Waals surface area contributed by atoms with Gasteiger partial charge in [-0.3, -0.25) is 0 Å². The topological polar surface area (TPSA) is 49.7 Å². The van der Waals surface area contributed by atoms with Crippen LogP contribution in [0.15, 0.2) is 30.3 Å². The lowest BCUT2D eigenvalue weighted by molar-refractivity contribution is 0.300. The van der Waals surface area contributed by atoms with Crippen LogP contribution in [0, 0.1) is 5.82 Å². The van der Waals surface area contributed by atoms with Gasteiger partial charge in [-0.1, -0.05) is 46.9 Å². The fourth-order valence-corrected chi connectivity index (χ4v) is 2.20. The predicted octanol–water partition coefficient (Wildman–Crippen LogP) is 3.04. The van der Waals surface area contributed by atoms with Crippen molar-refractivity contribution in [2.45, 2.75) is 6.61 Å². The molecule has 0 radical (unpaired) electrons. The van der Waals surface area contributed by atoms with E-state index in [1.165, 1.54) is 24.3 Å². The van der Waals surface area contributed by atoms with Crippen LogP contribution in [0.4, 0.5) is 4.39 Å². The zero-order chi connectivity index (χ0) is 15.6. The molecule has 0 amide bonds. The second-order valence-corrected chi connectivity index (χ2v) is 5.43. The molecule has 8 heteroatoms. The van der Waals surface area contributed by atoms with E-state index in [1.54, 1.807) is 0 Å². The summed E-state index contributed by atoms with van der Waals surface area (Å²) in [4.78, 5) is 0. The molecule has 21 heavy (non-hydrogen) atoms. The normalized spacial score (nSPS) is 10.6. The Kier molecular flexibility index (Phi) is 5.35. The molecule has 3 nitrogen and oxygen atoms in total. The van der Waals surface area contributed by atoms with E-state index >= 15 is 0 Å². The van der Waals surface area contributed by atoms with E-state index in [9.17, 15) is 4.39 Å². The Morgan fingerprint density at radius 3 is 2.29 bits per heavy atom. The Hall–Kier alpha value is -0.975. The van der Waals surface area contributed by atoms with Crippen molar-refractivity contribution in [2.24, 2.45) is 0 Å². The van der Waals surface area contributed by atoms with Gasteiger partial charge >= 0.3 is 7.12 Å². The molecule has 110 valence electrons. The molecule has 2 aromatic carbocycles. The fraction of sp³-hybridized carbons (Fsp3) is 0.0769. The van der Waals surface area contributed by atoms with Gasteiger partial charge in [0.1, 0.15) is 18.2 Å². The standard InChI is InChI=1S/C13H9BCl3FO3/c15-9-4-11(17)13(5-10(9)16)21-6-7-1-2-8(14(19)20)3-12(7)18/h1-5,19-20H,6H2. The first-order valence-corrected chi connectivity index (χ1v) is 6.93. The molecule has 0 aliphatic carbocycles. The van der Waals surface area contributed by atoms with Gasteiger partial charge < -0.3 is 14.8 Å². The van der Waals surface area contributed by atoms with Gasteiger partial charge in [-0.2, -0.15) is 0 Å². The number of hydrogen-bond donors (Lipinski definition) is 2. The molecule has 0 saturated heterocycles. The highest BCUT2D eigenvalue weighted by Gasteiger charge is 2.14. The molecular formula is C13H9BCl3FO3. The first-order valence-electron chi connectivity index (χ1n) is 5.80. The highest BCUT2D eigenvalue weighted by atomic mass is 35.5. The first kappa shape index (κ1) is 16.4. The Labute approximate surface area is 136 Å². The monoisotopic (exact) mass is 348 g/mol. The summed E-state index contributed by atoms with van der Waals surface area (Å²) in [7, 11) is -1.72. The third-order valence-electron chi connectivity index (χ3n) is 2.73. The first-order chi connectivity index (χ1) is 9.88. The van der Waals surface area contributed by atoms with E-state index < -0.39 is 12.9 Å². The van der Waals surface area contributed by atoms with Crippen LogP contribution in [0.3, 0.4) is 0 Å². The molecule has 0 atom stereocenters. The van der Waals surface area contributed by atoms with E-state index in [0.29, 0.717) is 5.02 Å². The van der Waals surface area contributed by atoms with Gasteiger partial charge in [0.25, 0.3) is 0 Å². The minimum Gasteiger partial charge on any atom is -0.487 e. The summed E-state index contributed by atoms with van der Waals surface area (Å²) >= 11 is 17.6. The van der Waals surface area contributed by atoms with Crippen LogP contribution in [0.5, 0.6) is 5.75 Å². The van der Waals surface area contributed by atoms with Crippen LogP contribution in [0.1, 0.15) is 5.56 Å². The second kappa shape index (κ2) is 6.86. The van der Waals surface area contributed by atoms with Gasteiger partial charge in [0, 0.05) is 11.6 Å². The van der Waals surface area contributed by atoms with Crippen LogP contribution < -0.4 is 10.2 Å². The third kappa shape index (κ3) is 4.02. The molecule has 0 saturated carbocycles. The molecule has 2 rings (SSSR count). The predicted molar refractivity (Wildman–Crippen MR) is 82.0 cm³/mol. The third-order valence-corrected chi connectivity index (χ3v) is 3.75. The average molecular weight is 349 g/mol. The molecule has 2 aromatic rings. The smallest absolute Gasteiger partial charge is 0.487 e. The zero-order valence-corrected chi connectivity index (χ0v) is 12.8. The number of benzene rings is 2. The lowest BCUT2D eigenvalue weighted by Crippen LogP contribution is -2.30. The summed E-state index contributed by atoms with van der Waals surface area (Å²) in [5.41, 5.74) is 0.297. The summed E-state index contributed by atoms with van der Waals surface area (Å²) in [6, 6.07) is 6.69. The Morgan fingerprint density at radius 2 is 1.67 bits per heavy atom. The van der Waals surface area contributed by atoms with Crippen molar-refractivity contribution in [1.29, 1.82) is 0 Å². The van der Waals surface area contributed by atoms with Crippen LogP contribution in [-0.4, -0.2) is 17.2 Å². The number of hydrogen-bond acceptors (Lipinski definition) is 3.